The van der Waals surface area contributed by atoms with Crippen molar-refractivity contribution in [1.82, 2.24) is 24.6 Å². The van der Waals surface area contributed by atoms with Gasteiger partial charge in [0, 0.05) is 45.8 Å². The van der Waals surface area contributed by atoms with Crippen molar-refractivity contribution in [3.8, 4) is 0 Å². The predicted octanol–water partition coefficient (Wildman–Crippen LogP) is 0.363. The van der Waals surface area contributed by atoms with Crippen molar-refractivity contribution in [3.63, 3.8) is 0 Å². The van der Waals surface area contributed by atoms with Gasteiger partial charge in [0.25, 0.3) is 0 Å². The van der Waals surface area contributed by atoms with Crippen LogP contribution in [0.15, 0.2) is 9.42 Å². The number of nitrogens with zero attached hydrogens (tertiary/aromatic N) is 4. The highest BCUT2D eigenvalue weighted by Gasteiger charge is 2.38. The molecule has 1 aromatic rings. The van der Waals surface area contributed by atoms with Crippen molar-refractivity contribution >= 4 is 21.8 Å². The lowest BCUT2D eigenvalue weighted by Gasteiger charge is -2.34. The molecule has 2 aliphatic heterocycles. The normalized spacial score (nSPS) is 21.6. The van der Waals surface area contributed by atoms with Crippen LogP contribution < -0.4 is 5.32 Å². The Hall–Kier alpha value is -1.98. The molecule has 1 N–H and O–H groups in total. The standard InChI is InChI=1S/C20H33N5O5S/c1-4-21-18(26)14-23-8-6-9-24(12-11-23)20(27)17-7-5-10-25(13-17)31(28,29)19-15(2)22-30-16(19)3/h17H,4-14H2,1-3H3,(H,21,26). The Balaban J connectivity index is 1.63. The monoisotopic (exact) mass is 455 g/mol. The van der Waals surface area contributed by atoms with E-state index in [9.17, 15) is 18.0 Å². The molecule has 2 amide bonds. The van der Waals surface area contributed by atoms with E-state index in [1.807, 2.05) is 11.8 Å². The minimum Gasteiger partial charge on any atom is -0.360 e. The molecule has 2 aliphatic rings. The van der Waals surface area contributed by atoms with E-state index in [0.717, 1.165) is 13.0 Å². The lowest BCUT2D eigenvalue weighted by atomic mass is 9.98. The lowest BCUT2D eigenvalue weighted by Crippen LogP contribution is -2.47. The Kier molecular flexibility index (Phi) is 7.71. The van der Waals surface area contributed by atoms with Crippen molar-refractivity contribution in [1.29, 1.82) is 0 Å². The summed E-state index contributed by atoms with van der Waals surface area (Å²) in [6, 6.07) is 0. The number of aryl methyl sites for hydroxylation is 2. The van der Waals surface area contributed by atoms with Gasteiger partial charge < -0.3 is 14.7 Å². The largest absolute Gasteiger partial charge is 0.360 e. The van der Waals surface area contributed by atoms with Crippen molar-refractivity contribution in [2.45, 2.75) is 44.9 Å². The molecule has 0 spiro atoms. The Labute approximate surface area is 184 Å². The van der Waals surface area contributed by atoms with Crippen molar-refractivity contribution in [3.05, 3.63) is 11.5 Å². The predicted molar refractivity (Wildman–Crippen MR) is 114 cm³/mol. The summed E-state index contributed by atoms with van der Waals surface area (Å²) >= 11 is 0. The summed E-state index contributed by atoms with van der Waals surface area (Å²) in [5.74, 6) is -0.0992. The molecule has 1 aromatic heterocycles. The first kappa shape index (κ1) is 23.7. The summed E-state index contributed by atoms with van der Waals surface area (Å²) in [6.07, 6.45) is 2.10. The molecule has 11 heteroatoms. The molecule has 31 heavy (non-hydrogen) atoms. The maximum atomic E-state index is 13.2. The molecule has 1 atom stereocenters. The lowest BCUT2D eigenvalue weighted by molar-refractivity contribution is -0.136. The molecule has 174 valence electrons. The van der Waals surface area contributed by atoms with E-state index in [-0.39, 0.29) is 34.9 Å². The molecule has 10 nitrogen and oxygen atoms in total. The topological polar surface area (TPSA) is 116 Å². The first-order valence-corrected chi connectivity index (χ1v) is 12.4. The summed E-state index contributed by atoms with van der Waals surface area (Å²) in [5, 5.41) is 6.57. The number of likely N-dealkylation sites (N-methyl/N-ethyl adjacent to an activating group) is 1. The molecule has 2 fully saturated rings. The Morgan fingerprint density at radius 1 is 1.13 bits per heavy atom. The number of hydrogen-bond donors (Lipinski definition) is 1. The van der Waals surface area contributed by atoms with Crippen LogP contribution in [0.4, 0.5) is 0 Å². The Bertz CT molecular complexity index is 880. The number of carbonyl (C=O) groups is 2. The van der Waals surface area contributed by atoms with E-state index in [0.29, 0.717) is 57.8 Å². The maximum absolute atomic E-state index is 13.2. The molecule has 0 saturated carbocycles. The fourth-order valence-corrected chi connectivity index (χ4v) is 6.21. The van der Waals surface area contributed by atoms with Gasteiger partial charge in [-0.1, -0.05) is 5.16 Å². The summed E-state index contributed by atoms with van der Waals surface area (Å²) < 4.78 is 32.7. The smallest absolute Gasteiger partial charge is 0.248 e. The van der Waals surface area contributed by atoms with Gasteiger partial charge in [-0.3, -0.25) is 14.5 Å². The van der Waals surface area contributed by atoms with Gasteiger partial charge in [-0.25, -0.2) is 8.42 Å². The summed E-state index contributed by atoms with van der Waals surface area (Å²) in [6.45, 7) is 9.15. The van der Waals surface area contributed by atoms with E-state index in [1.54, 1.807) is 13.8 Å². The molecule has 3 heterocycles. The van der Waals surface area contributed by atoms with Gasteiger partial charge in [0.2, 0.25) is 21.8 Å². The second kappa shape index (κ2) is 10.1. The Morgan fingerprint density at radius 3 is 2.58 bits per heavy atom. The zero-order valence-corrected chi connectivity index (χ0v) is 19.4. The van der Waals surface area contributed by atoms with Gasteiger partial charge >= 0.3 is 0 Å². The fraction of sp³-hybridized carbons (Fsp3) is 0.750. The molecule has 1 unspecified atom stereocenters. The molecule has 3 rings (SSSR count). The van der Waals surface area contributed by atoms with Crippen molar-refractivity contribution in [2.24, 2.45) is 5.92 Å². The number of piperidine rings is 1. The Morgan fingerprint density at radius 2 is 1.90 bits per heavy atom. The number of hydrogen-bond acceptors (Lipinski definition) is 7. The van der Waals surface area contributed by atoms with Gasteiger partial charge in [0.1, 0.15) is 10.6 Å². The second-order valence-corrected chi connectivity index (χ2v) is 10.1. The van der Waals surface area contributed by atoms with Crippen LogP contribution in [0.25, 0.3) is 0 Å². The summed E-state index contributed by atoms with van der Waals surface area (Å²) in [5.41, 5.74) is 0.339. The number of sulfonamides is 1. The van der Waals surface area contributed by atoms with Crippen LogP contribution in [0, 0.1) is 19.8 Å². The van der Waals surface area contributed by atoms with Crippen molar-refractivity contribution in [2.75, 3.05) is 52.4 Å². The summed E-state index contributed by atoms with van der Waals surface area (Å²) in [4.78, 5) is 29.1. The van der Waals surface area contributed by atoms with E-state index < -0.39 is 10.0 Å². The maximum Gasteiger partial charge on any atom is 0.248 e. The van der Waals surface area contributed by atoms with E-state index in [2.05, 4.69) is 15.4 Å². The van der Waals surface area contributed by atoms with Crippen LogP contribution in [0.5, 0.6) is 0 Å². The average Bonchev–Trinajstić information content (AvgIpc) is 2.93. The van der Waals surface area contributed by atoms with E-state index in [4.69, 9.17) is 4.52 Å². The molecule has 0 bridgehead atoms. The molecule has 0 radical (unpaired) electrons. The number of amides is 2. The fourth-order valence-electron chi connectivity index (χ4n) is 4.40. The minimum atomic E-state index is -3.76. The highest BCUT2D eigenvalue weighted by Crippen LogP contribution is 2.28. The SMILES string of the molecule is CCNC(=O)CN1CCCN(C(=O)C2CCCN(S(=O)(=O)c3c(C)noc3C)C2)CC1. The first-order chi connectivity index (χ1) is 14.7. The zero-order chi connectivity index (χ0) is 22.6. The van der Waals surface area contributed by atoms with Crippen molar-refractivity contribution < 1.29 is 22.5 Å². The number of carbonyl (C=O) groups excluding carboxylic acids is 2. The minimum absolute atomic E-state index is 0.00137. The first-order valence-electron chi connectivity index (χ1n) is 10.9. The van der Waals surface area contributed by atoms with Gasteiger partial charge in [0.05, 0.1) is 12.5 Å². The third kappa shape index (κ3) is 5.45. The van der Waals surface area contributed by atoms with Crippen LogP contribution in [-0.2, 0) is 19.6 Å². The molecule has 0 aliphatic carbocycles. The van der Waals surface area contributed by atoms with Crippen LogP contribution in [0.2, 0.25) is 0 Å². The van der Waals surface area contributed by atoms with Gasteiger partial charge in [-0.2, -0.15) is 4.31 Å². The highest BCUT2D eigenvalue weighted by atomic mass is 32.2. The highest BCUT2D eigenvalue weighted by molar-refractivity contribution is 7.89. The molecule has 0 aromatic carbocycles. The van der Waals surface area contributed by atoms with Crippen LogP contribution in [-0.4, -0.2) is 91.9 Å². The van der Waals surface area contributed by atoms with Gasteiger partial charge in [0.15, 0.2) is 5.76 Å². The van der Waals surface area contributed by atoms with Gasteiger partial charge in [-0.05, 0) is 40.0 Å². The van der Waals surface area contributed by atoms with Gasteiger partial charge in [-0.15, -0.1) is 0 Å². The molecular weight excluding hydrogens is 422 g/mol. The quantitative estimate of drug-likeness (QED) is 0.658. The molecule has 2 saturated heterocycles. The second-order valence-electron chi connectivity index (χ2n) is 8.26. The number of nitrogens with one attached hydrogen (secondary N) is 1. The average molecular weight is 456 g/mol. The van der Waals surface area contributed by atoms with Crippen LogP contribution >= 0.6 is 0 Å². The zero-order valence-electron chi connectivity index (χ0n) is 18.6. The third-order valence-corrected chi connectivity index (χ3v) is 8.05. The summed E-state index contributed by atoms with van der Waals surface area (Å²) in [7, 11) is -3.76. The van der Waals surface area contributed by atoms with Crippen LogP contribution in [0.1, 0.15) is 37.6 Å². The third-order valence-electron chi connectivity index (χ3n) is 5.94. The number of aromatic nitrogens is 1. The van der Waals surface area contributed by atoms with E-state index >= 15 is 0 Å². The molecular formula is C20H33N5O5S. The van der Waals surface area contributed by atoms with Crippen LogP contribution in [0.3, 0.4) is 0 Å². The number of rotatable bonds is 6. The van der Waals surface area contributed by atoms with E-state index in [1.165, 1.54) is 4.31 Å².